The van der Waals surface area contributed by atoms with E-state index in [0.29, 0.717) is 5.96 Å². The Hall–Kier alpha value is -1.31. The molecule has 1 unspecified atom stereocenters. The second kappa shape index (κ2) is 13.9. The first-order valence-electron chi connectivity index (χ1n) is 8.84. The summed E-state index contributed by atoms with van der Waals surface area (Å²) >= 11 is 0. The summed E-state index contributed by atoms with van der Waals surface area (Å²) in [7, 11) is 3.49. The van der Waals surface area contributed by atoms with Gasteiger partial charge in [0.2, 0.25) is 5.91 Å². The highest BCUT2D eigenvalue weighted by molar-refractivity contribution is 14.0. The molecule has 0 aromatic heterocycles. The molecule has 0 aliphatic carbocycles. The van der Waals surface area contributed by atoms with Crippen LogP contribution in [0.2, 0.25) is 0 Å². The normalized spacial score (nSPS) is 12.1. The molecule has 1 aromatic carbocycles. The number of halogens is 1. The van der Waals surface area contributed by atoms with E-state index in [1.54, 1.807) is 19.0 Å². The van der Waals surface area contributed by atoms with Gasteiger partial charge >= 0.3 is 0 Å². The number of carbonyl (C=O) groups is 1. The number of amides is 1. The minimum absolute atomic E-state index is 0. The van der Waals surface area contributed by atoms with E-state index in [1.165, 1.54) is 24.8 Å². The molecule has 142 valence electrons. The monoisotopic (exact) mass is 460 g/mol. The lowest BCUT2D eigenvalue weighted by Crippen LogP contribution is -2.40. The van der Waals surface area contributed by atoms with E-state index in [-0.39, 0.29) is 42.5 Å². The summed E-state index contributed by atoms with van der Waals surface area (Å²) in [5.41, 5.74) is 1.19. The van der Waals surface area contributed by atoms with Crippen molar-refractivity contribution in [3.8, 4) is 0 Å². The van der Waals surface area contributed by atoms with Crippen LogP contribution in [0.5, 0.6) is 0 Å². The molecule has 0 radical (unpaired) electrons. The van der Waals surface area contributed by atoms with Gasteiger partial charge in [-0.3, -0.25) is 4.79 Å². The summed E-state index contributed by atoms with van der Waals surface area (Å²) in [5, 5.41) is 6.73. The standard InChI is InChI=1S/C19H32N4O.HI/c1-5-6-7-11-14-20-19(21-15-18(24)23(3)4)22-16(2)17-12-9-8-10-13-17;/h8-10,12-13,16H,5-7,11,14-15H2,1-4H3,(H2,20,21,22);1H. The van der Waals surface area contributed by atoms with E-state index in [9.17, 15) is 4.79 Å². The third kappa shape index (κ3) is 10.3. The van der Waals surface area contributed by atoms with Crippen molar-refractivity contribution in [1.82, 2.24) is 15.5 Å². The molecule has 1 rings (SSSR count). The van der Waals surface area contributed by atoms with Gasteiger partial charge in [-0.15, -0.1) is 24.0 Å². The first kappa shape index (κ1) is 23.7. The SMILES string of the molecule is CCCCCCNC(=NCC(=O)N(C)C)NC(C)c1ccccc1.I. The van der Waals surface area contributed by atoms with Crippen molar-refractivity contribution in [2.45, 2.75) is 45.6 Å². The van der Waals surface area contributed by atoms with Crippen LogP contribution in [0, 0.1) is 0 Å². The average molecular weight is 460 g/mol. The topological polar surface area (TPSA) is 56.7 Å². The summed E-state index contributed by atoms with van der Waals surface area (Å²) in [6.07, 6.45) is 4.79. The van der Waals surface area contributed by atoms with Gasteiger partial charge in [-0.1, -0.05) is 56.5 Å². The van der Waals surface area contributed by atoms with Gasteiger partial charge in [0, 0.05) is 20.6 Å². The summed E-state index contributed by atoms with van der Waals surface area (Å²) in [5.74, 6) is 0.687. The Labute approximate surface area is 169 Å². The molecule has 5 nitrogen and oxygen atoms in total. The van der Waals surface area contributed by atoms with Crippen LogP contribution in [-0.4, -0.2) is 44.0 Å². The second-order valence-corrected chi connectivity index (χ2v) is 6.22. The van der Waals surface area contributed by atoms with Crippen molar-refractivity contribution in [1.29, 1.82) is 0 Å². The van der Waals surface area contributed by atoms with Crippen LogP contribution in [0.3, 0.4) is 0 Å². The molecule has 0 spiro atoms. The minimum Gasteiger partial charge on any atom is -0.356 e. The zero-order valence-corrected chi connectivity index (χ0v) is 18.2. The summed E-state index contributed by atoms with van der Waals surface area (Å²) < 4.78 is 0. The molecule has 0 bridgehead atoms. The summed E-state index contributed by atoms with van der Waals surface area (Å²) in [4.78, 5) is 17.8. The summed E-state index contributed by atoms with van der Waals surface area (Å²) in [6.45, 7) is 5.32. The van der Waals surface area contributed by atoms with Crippen molar-refractivity contribution < 1.29 is 4.79 Å². The molecule has 0 saturated carbocycles. The number of benzene rings is 1. The number of hydrogen-bond acceptors (Lipinski definition) is 2. The van der Waals surface area contributed by atoms with Gasteiger partial charge in [-0.2, -0.15) is 0 Å². The largest absolute Gasteiger partial charge is 0.356 e. The van der Waals surface area contributed by atoms with Crippen LogP contribution in [0.4, 0.5) is 0 Å². The van der Waals surface area contributed by atoms with Crippen LogP contribution in [-0.2, 0) is 4.79 Å². The summed E-state index contributed by atoms with van der Waals surface area (Å²) in [6, 6.07) is 10.4. The Morgan fingerprint density at radius 2 is 1.84 bits per heavy atom. The van der Waals surface area contributed by atoms with Gasteiger partial charge in [0.1, 0.15) is 6.54 Å². The lowest BCUT2D eigenvalue weighted by molar-refractivity contribution is -0.127. The first-order valence-corrected chi connectivity index (χ1v) is 8.84. The first-order chi connectivity index (χ1) is 11.5. The maximum Gasteiger partial charge on any atom is 0.243 e. The van der Waals surface area contributed by atoms with Gasteiger partial charge in [0.05, 0.1) is 6.04 Å². The van der Waals surface area contributed by atoms with E-state index < -0.39 is 0 Å². The molecule has 0 fully saturated rings. The van der Waals surface area contributed by atoms with Gasteiger partial charge in [0.15, 0.2) is 5.96 Å². The van der Waals surface area contributed by atoms with Crippen LogP contribution < -0.4 is 10.6 Å². The quantitative estimate of drug-likeness (QED) is 0.257. The van der Waals surface area contributed by atoms with Crippen LogP contribution >= 0.6 is 24.0 Å². The maximum absolute atomic E-state index is 11.8. The Bertz CT molecular complexity index is 505. The number of nitrogens with one attached hydrogen (secondary N) is 2. The number of hydrogen-bond donors (Lipinski definition) is 2. The molecule has 0 aliphatic heterocycles. The van der Waals surface area contributed by atoms with Crippen LogP contribution in [0.1, 0.15) is 51.1 Å². The third-order valence-electron chi connectivity index (χ3n) is 3.85. The minimum atomic E-state index is -0.00514. The fraction of sp³-hybridized carbons (Fsp3) is 0.579. The third-order valence-corrected chi connectivity index (χ3v) is 3.85. The highest BCUT2D eigenvalue weighted by atomic mass is 127. The predicted molar refractivity (Wildman–Crippen MR) is 117 cm³/mol. The maximum atomic E-state index is 11.8. The van der Waals surface area contributed by atoms with Crippen LogP contribution in [0.25, 0.3) is 0 Å². The fourth-order valence-corrected chi connectivity index (χ4v) is 2.23. The zero-order chi connectivity index (χ0) is 17.8. The molecule has 1 atom stereocenters. The molecule has 6 heteroatoms. The lowest BCUT2D eigenvalue weighted by Gasteiger charge is -2.19. The van der Waals surface area contributed by atoms with Crippen molar-refractivity contribution >= 4 is 35.8 Å². The van der Waals surface area contributed by atoms with Crippen molar-refractivity contribution in [2.24, 2.45) is 4.99 Å². The van der Waals surface area contributed by atoms with E-state index >= 15 is 0 Å². The number of guanidine groups is 1. The number of rotatable bonds is 9. The molecule has 0 aliphatic rings. The smallest absolute Gasteiger partial charge is 0.243 e. The van der Waals surface area contributed by atoms with E-state index in [4.69, 9.17) is 0 Å². The van der Waals surface area contributed by atoms with Gasteiger partial charge in [-0.05, 0) is 18.9 Å². The molecule has 1 aromatic rings. The molecule has 0 saturated heterocycles. The molecule has 0 heterocycles. The molecular formula is C19H33IN4O. The average Bonchev–Trinajstić information content (AvgIpc) is 2.59. The van der Waals surface area contributed by atoms with Gasteiger partial charge < -0.3 is 15.5 Å². The van der Waals surface area contributed by atoms with Gasteiger partial charge in [-0.25, -0.2) is 4.99 Å². The number of carbonyl (C=O) groups excluding carboxylic acids is 1. The lowest BCUT2D eigenvalue weighted by atomic mass is 10.1. The van der Waals surface area contributed by atoms with Crippen LogP contribution in [0.15, 0.2) is 35.3 Å². The van der Waals surface area contributed by atoms with E-state index in [2.05, 4.69) is 41.6 Å². The Morgan fingerprint density at radius 1 is 1.16 bits per heavy atom. The Morgan fingerprint density at radius 3 is 2.44 bits per heavy atom. The Kier molecular flexibility index (Phi) is 13.2. The van der Waals surface area contributed by atoms with Gasteiger partial charge in [0.25, 0.3) is 0 Å². The van der Waals surface area contributed by atoms with Crippen molar-refractivity contribution in [2.75, 3.05) is 27.2 Å². The van der Waals surface area contributed by atoms with E-state index in [0.717, 1.165) is 13.0 Å². The second-order valence-electron chi connectivity index (χ2n) is 6.22. The number of likely N-dealkylation sites (N-methyl/N-ethyl adjacent to an activating group) is 1. The molecule has 2 N–H and O–H groups in total. The van der Waals surface area contributed by atoms with Crippen molar-refractivity contribution in [3.63, 3.8) is 0 Å². The predicted octanol–water partition coefficient (Wildman–Crippen LogP) is 3.57. The highest BCUT2D eigenvalue weighted by Crippen LogP contribution is 2.10. The highest BCUT2D eigenvalue weighted by Gasteiger charge is 2.09. The molecule has 25 heavy (non-hydrogen) atoms. The van der Waals surface area contributed by atoms with E-state index in [1.807, 2.05) is 18.2 Å². The van der Waals surface area contributed by atoms with Crippen molar-refractivity contribution in [3.05, 3.63) is 35.9 Å². The number of unbranched alkanes of at least 4 members (excludes halogenated alkanes) is 3. The number of aliphatic imine (C=N–C) groups is 1. The molecule has 1 amide bonds. The zero-order valence-electron chi connectivity index (χ0n) is 15.9. The fourth-order valence-electron chi connectivity index (χ4n) is 2.23. The Balaban J connectivity index is 0.00000576. The number of nitrogens with zero attached hydrogens (tertiary/aromatic N) is 2. The molecular weight excluding hydrogens is 427 g/mol.